The Balaban J connectivity index is 0.000000162. The molecule has 0 saturated carbocycles. The van der Waals surface area contributed by atoms with Crippen molar-refractivity contribution >= 4 is 66.8 Å². The number of benzene rings is 4. The molecule has 0 fully saturated rings. The van der Waals surface area contributed by atoms with Gasteiger partial charge in [-0.05, 0) is 30.3 Å². The topological polar surface area (TPSA) is 261 Å². The van der Waals surface area contributed by atoms with Crippen LogP contribution in [0.2, 0.25) is 0 Å². The third kappa shape index (κ3) is 6.13. The molecular formula is C34H26N12O6. The van der Waals surface area contributed by atoms with Crippen LogP contribution in [0.25, 0.3) is 43.6 Å². The number of nitro benzene ring substituents is 1. The number of fused-ring (bicyclic) bond motifs is 6. The molecule has 4 aromatic heterocycles. The average molecular weight is 699 g/mol. The first-order valence-electron chi connectivity index (χ1n) is 15.3. The van der Waals surface area contributed by atoms with Gasteiger partial charge in [-0.2, -0.15) is 20.2 Å². The molecule has 0 saturated heterocycles. The van der Waals surface area contributed by atoms with Gasteiger partial charge in [0.25, 0.3) is 17.5 Å². The van der Waals surface area contributed by atoms with Crippen LogP contribution in [0.5, 0.6) is 23.5 Å². The number of primary amides is 2. The van der Waals surface area contributed by atoms with Crippen LogP contribution in [0, 0.1) is 10.1 Å². The SMILES string of the molecule is Cn1nc(C(N)=O)c2ccc3cnc(Oc4cccc(N)c4)nc3c21.Cn1nc(C(N)=O)c2ccc3cnc(Oc4cccc([N+](=O)[O-])c4)nc3c21. The fourth-order valence-corrected chi connectivity index (χ4v) is 5.59. The number of anilines is 1. The maximum absolute atomic E-state index is 11.6. The van der Waals surface area contributed by atoms with Crippen molar-refractivity contribution in [2.24, 2.45) is 25.6 Å². The van der Waals surface area contributed by atoms with E-state index in [1.807, 2.05) is 6.07 Å². The highest BCUT2D eigenvalue weighted by Gasteiger charge is 2.19. The molecule has 0 aliphatic carbocycles. The second-order valence-electron chi connectivity index (χ2n) is 11.3. The summed E-state index contributed by atoms with van der Waals surface area (Å²) in [6, 6.07) is 20.0. The van der Waals surface area contributed by atoms with Crippen LogP contribution < -0.4 is 26.7 Å². The number of carbonyl (C=O) groups is 2. The number of nitrogens with zero attached hydrogens (tertiary/aromatic N) is 9. The maximum atomic E-state index is 11.6. The normalized spacial score (nSPS) is 11.0. The number of hydrogen-bond acceptors (Lipinski definition) is 13. The van der Waals surface area contributed by atoms with E-state index in [4.69, 9.17) is 26.7 Å². The second-order valence-corrected chi connectivity index (χ2v) is 11.3. The number of aromatic nitrogens is 8. The number of ether oxygens (including phenoxy) is 2. The molecule has 6 N–H and O–H groups in total. The summed E-state index contributed by atoms with van der Waals surface area (Å²) in [5.74, 6) is -0.453. The Morgan fingerprint density at radius 2 is 1.19 bits per heavy atom. The molecule has 0 unspecified atom stereocenters. The van der Waals surface area contributed by atoms with E-state index in [9.17, 15) is 19.7 Å². The van der Waals surface area contributed by atoms with Gasteiger partial charge >= 0.3 is 12.0 Å². The number of rotatable bonds is 7. The van der Waals surface area contributed by atoms with Crippen LogP contribution in [-0.2, 0) is 14.1 Å². The Morgan fingerprint density at radius 1 is 0.712 bits per heavy atom. The zero-order valence-electron chi connectivity index (χ0n) is 27.3. The second kappa shape index (κ2) is 12.9. The van der Waals surface area contributed by atoms with Crippen molar-refractivity contribution < 1.29 is 24.0 Å². The molecule has 8 aromatic rings. The number of carbonyl (C=O) groups excluding carboxylic acids is 2. The fourth-order valence-electron chi connectivity index (χ4n) is 5.59. The Labute approximate surface area is 291 Å². The van der Waals surface area contributed by atoms with Gasteiger partial charge in [-0.15, -0.1) is 0 Å². The summed E-state index contributed by atoms with van der Waals surface area (Å²) in [6.45, 7) is 0. The molecular weight excluding hydrogens is 672 g/mol. The summed E-state index contributed by atoms with van der Waals surface area (Å²) in [4.78, 5) is 50.8. The summed E-state index contributed by atoms with van der Waals surface area (Å²) in [7, 11) is 3.41. The summed E-state index contributed by atoms with van der Waals surface area (Å²) < 4.78 is 14.4. The van der Waals surface area contributed by atoms with Crippen molar-refractivity contribution in [3.63, 3.8) is 0 Å². The fraction of sp³-hybridized carbons (Fsp3) is 0.0588. The van der Waals surface area contributed by atoms with Gasteiger partial charge < -0.3 is 26.7 Å². The van der Waals surface area contributed by atoms with Crippen LogP contribution in [0.4, 0.5) is 11.4 Å². The van der Waals surface area contributed by atoms with Crippen molar-refractivity contribution in [2.75, 3.05) is 5.73 Å². The zero-order chi connectivity index (χ0) is 36.7. The Kier molecular flexibility index (Phi) is 8.15. The van der Waals surface area contributed by atoms with Crippen molar-refractivity contribution in [3.8, 4) is 23.5 Å². The van der Waals surface area contributed by atoms with Crippen LogP contribution in [0.3, 0.4) is 0 Å². The predicted octanol–water partition coefficient (Wildman–Crippen LogP) is 4.31. The molecule has 0 aliphatic heterocycles. The average Bonchev–Trinajstić information content (AvgIpc) is 3.65. The summed E-state index contributed by atoms with van der Waals surface area (Å²) in [5, 5.41) is 21.9. The van der Waals surface area contributed by atoms with E-state index < -0.39 is 16.7 Å². The number of amides is 2. The maximum Gasteiger partial charge on any atom is 0.322 e. The number of nitro groups is 1. The minimum Gasteiger partial charge on any atom is -0.424 e. The minimum atomic E-state index is -0.637. The molecule has 18 nitrogen and oxygen atoms in total. The first-order chi connectivity index (χ1) is 25.0. The van der Waals surface area contributed by atoms with Gasteiger partial charge in [0.2, 0.25) is 0 Å². The third-order valence-electron chi connectivity index (χ3n) is 7.84. The molecule has 8 rings (SSSR count). The molecule has 0 radical (unpaired) electrons. The van der Waals surface area contributed by atoms with Crippen LogP contribution >= 0.6 is 0 Å². The Morgan fingerprint density at radius 3 is 1.65 bits per heavy atom. The van der Waals surface area contributed by atoms with E-state index >= 15 is 0 Å². The lowest BCUT2D eigenvalue weighted by atomic mass is 10.1. The highest BCUT2D eigenvalue weighted by molar-refractivity contribution is 6.12. The van der Waals surface area contributed by atoms with E-state index in [0.29, 0.717) is 49.7 Å². The van der Waals surface area contributed by atoms with Gasteiger partial charge in [0.1, 0.15) is 22.5 Å². The van der Waals surface area contributed by atoms with Crippen LogP contribution in [0.1, 0.15) is 21.0 Å². The van der Waals surface area contributed by atoms with Gasteiger partial charge in [0.05, 0.1) is 22.0 Å². The monoisotopic (exact) mass is 698 g/mol. The number of hydrogen-bond donors (Lipinski definition) is 3. The van der Waals surface area contributed by atoms with Crippen LogP contribution in [-0.4, -0.2) is 56.2 Å². The zero-order valence-corrected chi connectivity index (χ0v) is 27.3. The van der Waals surface area contributed by atoms with E-state index in [-0.39, 0.29) is 34.8 Å². The lowest BCUT2D eigenvalue weighted by molar-refractivity contribution is -0.384. The standard InChI is InChI=1S/C17H12N6O4.C17H14N6O2/c1-22-15-12(14(21-22)16(18)24)6-5-9-8-19-17(20-13(9)15)27-11-4-2-3-10(7-11)23(25)26;1-23-15-12(14(22-23)16(19)24)6-5-9-8-20-17(21-13(9)15)25-11-4-2-3-10(18)7-11/h2-8H,1H3,(H2,18,24);2-8H,18H2,1H3,(H2,19,24). The molecule has 2 amide bonds. The number of nitrogen functional groups attached to an aromatic ring is 1. The van der Waals surface area contributed by atoms with E-state index in [0.717, 1.165) is 5.39 Å². The van der Waals surface area contributed by atoms with Gasteiger partial charge in [-0.1, -0.05) is 24.3 Å². The smallest absolute Gasteiger partial charge is 0.322 e. The van der Waals surface area contributed by atoms with Gasteiger partial charge in [0.15, 0.2) is 11.4 Å². The molecule has 0 bridgehead atoms. The first kappa shape index (κ1) is 32.8. The minimum absolute atomic E-state index is 0.0114. The lowest BCUT2D eigenvalue weighted by Gasteiger charge is -2.06. The molecule has 52 heavy (non-hydrogen) atoms. The van der Waals surface area contributed by atoms with Crippen molar-refractivity contribution in [1.82, 2.24) is 39.5 Å². The number of non-ortho nitro benzene ring substituents is 1. The molecule has 0 aliphatic rings. The Bertz CT molecular complexity index is 2740. The van der Waals surface area contributed by atoms with E-state index in [2.05, 4.69) is 30.1 Å². The summed E-state index contributed by atoms with van der Waals surface area (Å²) in [6.07, 6.45) is 3.21. The van der Waals surface area contributed by atoms with Crippen LogP contribution in [0.15, 0.2) is 85.2 Å². The highest BCUT2D eigenvalue weighted by Crippen LogP contribution is 2.30. The molecule has 18 heteroatoms. The summed E-state index contributed by atoms with van der Waals surface area (Å²) in [5.41, 5.74) is 19.8. The quantitative estimate of drug-likeness (QED) is 0.119. The van der Waals surface area contributed by atoms with Crippen molar-refractivity contribution in [2.45, 2.75) is 0 Å². The first-order valence-corrected chi connectivity index (χ1v) is 15.3. The third-order valence-corrected chi connectivity index (χ3v) is 7.84. The van der Waals surface area contributed by atoms with E-state index in [1.165, 1.54) is 22.9 Å². The van der Waals surface area contributed by atoms with E-state index in [1.54, 1.807) is 79.7 Å². The predicted molar refractivity (Wildman–Crippen MR) is 189 cm³/mol. The summed E-state index contributed by atoms with van der Waals surface area (Å²) >= 11 is 0. The van der Waals surface area contributed by atoms with Gasteiger partial charge in [-0.25, -0.2) is 9.97 Å². The molecule has 0 atom stereocenters. The van der Waals surface area contributed by atoms with Gasteiger partial charge in [-0.3, -0.25) is 29.1 Å². The van der Waals surface area contributed by atoms with Crippen molar-refractivity contribution in [1.29, 1.82) is 0 Å². The highest BCUT2D eigenvalue weighted by atomic mass is 16.6. The number of nitrogens with two attached hydrogens (primary N) is 3. The van der Waals surface area contributed by atoms with Gasteiger partial charge in [0, 0.05) is 65.9 Å². The molecule has 258 valence electrons. The molecule has 4 aromatic carbocycles. The number of aryl methyl sites for hydroxylation is 2. The lowest BCUT2D eigenvalue weighted by Crippen LogP contribution is -2.12. The molecule has 4 heterocycles. The Hall–Kier alpha value is -7.76. The largest absolute Gasteiger partial charge is 0.424 e. The molecule has 0 spiro atoms. The van der Waals surface area contributed by atoms with Crippen molar-refractivity contribution in [3.05, 3.63) is 107 Å².